The van der Waals surface area contributed by atoms with E-state index in [0.717, 1.165) is 18.3 Å². The van der Waals surface area contributed by atoms with Crippen LogP contribution in [0.2, 0.25) is 0 Å². The molecule has 1 aromatic heterocycles. The summed E-state index contributed by atoms with van der Waals surface area (Å²) in [6.07, 6.45) is -4.97. The maximum Gasteiger partial charge on any atom is 0.433 e. The molecule has 1 aliphatic heterocycles. The second kappa shape index (κ2) is 6.78. The summed E-state index contributed by atoms with van der Waals surface area (Å²) < 4.78 is 56.9. The number of carbonyl (C=O) groups excluding carboxylic acids is 1. The van der Waals surface area contributed by atoms with Crippen LogP contribution in [-0.2, 0) is 26.2 Å². The van der Waals surface area contributed by atoms with Crippen molar-refractivity contribution in [2.45, 2.75) is 24.5 Å². The van der Waals surface area contributed by atoms with Gasteiger partial charge in [-0.1, -0.05) is 0 Å². The van der Waals surface area contributed by atoms with Gasteiger partial charge in [-0.05, 0) is 18.2 Å². The number of esters is 1. The summed E-state index contributed by atoms with van der Waals surface area (Å²) in [5, 5.41) is 10.7. The predicted octanol–water partition coefficient (Wildman–Crippen LogP) is 3.51. The third kappa shape index (κ3) is 3.32. The monoisotopic (exact) mass is 410 g/mol. The van der Waals surface area contributed by atoms with Gasteiger partial charge in [0.25, 0.3) is 5.69 Å². The molecule has 1 spiro atoms. The SMILES string of the molecule is O=C(OC1CC2(OCCO2)c2c1ccnc2C(F)(F)F)c1ccc([N+](=O)[O-])cc1. The number of carbonyl (C=O) groups is 1. The Kier molecular flexibility index (Phi) is 4.50. The van der Waals surface area contributed by atoms with Gasteiger partial charge in [0.05, 0.1) is 23.7 Å². The molecule has 152 valence electrons. The Morgan fingerprint density at radius 2 is 1.86 bits per heavy atom. The van der Waals surface area contributed by atoms with Gasteiger partial charge in [0.1, 0.15) is 6.10 Å². The number of fused-ring (bicyclic) bond motifs is 2. The van der Waals surface area contributed by atoms with Crippen molar-refractivity contribution in [3.05, 3.63) is 69.0 Å². The van der Waals surface area contributed by atoms with Crippen molar-refractivity contribution >= 4 is 11.7 Å². The van der Waals surface area contributed by atoms with Crippen LogP contribution in [0, 0.1) is 10.1 Å². The number of ether oxygens (including phenoxy) is 3. The fraction of sp³-hybridized carbons (Fsp3) is 0.333. The topological polar surface area (TPSA) is 101 Å². The first-order valence-electron chi connectivity index (χ1n) is 8.51. The van der Waals surface area contributed by atoms with Gasteiger partial charge >= 0.3 is 12.1 Å². The van der Waals surface area contributed by atoms with Crippen molar-refractivity contribution in [2.24, 2.45) is 0 Å². The highest BCUT2D eigenvalue weighted by molar-refractivity contribution is 5.89. The minimum Gasteiger partial charge on any atom is -0.454 e. The molecule has 4 rings (SSSR count). The van der Waals surface area contributed by atoms with Crippen LogP contribution in [0.5, 0.6) is 0 Å². The van der Waals surface area contributed by atoms with Crippen LogP contribution < -0.4 is 0 Å². The Bertz CT molecular complexity index is 971. The van der Waals surface area contributed by atoms with Crippen LogP contribution in [0.15, 0.2) is 36.5 Å². The minimum atomic E-state index is -4.75. The number of pyridine rings is 1. The summed E-state index contributed by atoms with van der Waals surface area (Å²) >= 11 is 0. The van der Waals surface area contributed by atoms with Crippen LogP contribution >= 0.6 is 0 Å². The maximum absolute atomic E-state index is 13.5. The van der Waals surface area contributed by atoms with Crippen LogP contribution in [0.25, 0.3) is 0 Å². The average Bonchev–Trinajstić information content (AvgIpc) is 3.27. The number of non-ortho nitro benzene ring substituents is 1. The molecule has 0 N–H and O–H groups in total. The highest BCUT2D eigenvalue weighted by atomic mass is 19.4. The van der Waals surface area contributed by atoms with Gasteiger partial charge in [0.15, 0.2) is 5.69 Å². The summed E-state index contributed by atoms with van der Waals surface area (Å²) in [7, 11) is 0. The second-order valence-electron chi connectivity index (χ2n) is 6.47. The molecule has 2 heterocycles. The van der Waals surface area contributed by atoms with E-state index >= 15 is 0 Å². The van der Waals surface area contributed by atoms with Crippen LogP contribution in [0.4, 0.5) is 18.9 Å². The van der Waals surface area contributed by atoms with Crippen molar-refractivity contribution in [3.63, 3.8) is 0 Å². The summed E-state index contributed by atoms with van der Waals surface area (Å²) in [5.41, 5.74) is -1.52. The third-order valence-electron chi connectivity index (χ3n) is 4.75. The maximum atomic E-state index is 13.5. The lowest BCUT2D eigenvalue weighted by Gasteiger charge is -2.25. The number of hydrogen-bond acceptors (Lipinski definition) is 7. The van der Waals surface area contributed by atoms with E-state index in [1.165, 1.54) is 18.2 Å². The zero-order valence-corrected chi connectivity index (χ0v) is 14.6. The third-order valence-corrected chi connectivity index (χ3v) is 4.75. The molecule has 29 heavy (non-hydrogen) atoms. The molecular formula is C18H13F3N2O6. The lowest BCUT2D eigenvalue weighted by Crippen LogP contribution is -2.28. The molecule has 0 bridgehead atoms. The minimum absolute atomic E-state index is 0.0245. The summed E-state index contributed by atoms with van der Waals surface area (Å²) in [6, 6.07) is 6.02. The number of aromatic nitrogens is 1. The molecular weight excluding hydrogens is 397 g/mol. The van der Waals surface area contributed by atoms with E-state index in [-0.39, 0.29) is 42.0 Å². The molecule has 1 aromatic carbocycles. The largest absolute Gasteiger partial charge is 0.454 e. The Hall–Kier alpha value is -3.05. The summed E-state index contributed by atoms with van der Waals surface area (Å²) in [5.74, 6) is -2.52. The number of halogens is 3. The highest BCUT2D eigenvalue weighted by Gasteiger charge is 2.55. The van der Waals surface area contributed by atoms with Gasteiger partial charge in [-0.25, -0.2) is 4.79 Å². The Morgan fingerprint density at radius 3 is 2.45 bits per heavy atom. The van der Waals surface area contributed by atoms with E-state index in [0.29, 0.717) is 0 Å². The van der Waals surface area contributed by atoms with Gasteiger partial charge in [-0.2, -0.15) is 13.2 Å². The van der Waals surface area contributed by atoms with Gasteiger partial charge < -0.3 is 14.2 Å². The zero-order valence-electron chi connectivity index (χ0n) is 14.6. The van der Waals surface area contributed by atoms with Crippen molar-refractivity contribution in [3.8, 4) is 0 Å². The lowest BCUT2D eigenvalue weighted by atomic mass is 10.0. The highest BCUT2D eigenvalue weighted by Crippen LogP contribution is 2.53. The standard InChI is InChI=1S/C18H13F3N2O6/c19-18(20,21)15-14-12(5-6-22-15)13(9-17(14)27-7-8-28-17)29-16(24)10-1-3-11(4-2-10)23(25)26/h1-6,13H,7-9H2. The molecule has 8 nitrogen and oxygen atoms in total. The molecule has 0 saturated carbocycles. The van der Waals surface area contributed by atoms with Gasteiger partial charge in [-0.15, -0.1) is 0 Å². The first-order valence-corrected chi connectivity index (χ1v) is 8.51. The van der Waals surface area contributed by atoms with Crippen LogP contribution in [0.3, 0.4) is 0 Å². The molecule has 1 atom stereocenters. The van der Waals surface area contributed by atoms with E-state index in [4.69, 9.17) is 14.2 Å². The fourth-order valence-electron chi connectivity index (χ4n) is 3.55. The molecule has 2 aromatic rings. The molecule has 1 aliphatic carbocycles. The molecule has 1 fully saturated rings. The number of alkyl halides is 3. The molecule has 1 saturated heterocycles. The first kappa shape index (κ1) is 19.3. The van der Waals surface area contributed by atoms with E-state index in [1.54, 1.807) is 0 Å². The lowest BCUT2D eigenvalue weighted by molar-refractivity contribution is -0.384. The number of nitrogens with zero attached hydrogens (tertiary/aromatic N) is 2. The molecule has 11 heteroatoms. The number of benzene rings is 1. The number of rotatable bonds is 3. The predicted molar refractivity (Wildman–Crippen MR) is 88.7 cm³/mol. The Morgan fingerprint density at radius 1 is 1.21 bits per heavy atom. The zero-order chi connectivity index (χ0) is 20.8. The normalized spacial score (nSPS) is 19.9. The van der Waals surface area contributed by atoms with E-state index in [1.807, 2.05) is 0 Å². The Labute approximate surface area is 161 Å². The Balaban J connectivity index is 1.67. The van der Waals surface area contributed by atoms with Gasteiger partial charge in [-0.3, -0.25) is 15.1 Å². The van der Waals surface area contributed by atoms with E-state index in [9.17, 15) is 28.1 Å². The van der Waals surface area contributed by atoms with E-state index in [2.05, 4.69) is 4.98 Å². The summed E-state index contributed by atoms with van der Waals surface area (Å²) in [6.45, 7) is 0.184. The van der Waals surface area contributed by atoms with E-state index < -0.39 is 34.7 Å². The smallest absolute Gasteiger partial charge is 0.433 e. The van der Waals surface area contributed by atoms with Crippen LogP contribution in [-0.4, -0.2) is 29.1 Å². The number of hydrogen-bond donors (Lipinski definition) is 0. The van der Waals surface area contributed by atoms with Crippen molar-refractivity contribution in [1.82, 2.24) is 4.98 Å². The molecule has 1 unspecified atom stereocenters. The number of nitro benzene ring substituents is 1. The van der Waals surface area contributed by atoms with Crippen molar-refractivity contribution in [2.75, 3.05) is 13.2 Å². The number of nitro groups is 1. The van der Waals surface area contributed by atoms with Gasteiger partial charge in [0.2, 0.25) is 5.79 Å². The second-order valence-corrected chi connectivity index (χ2v) is 6.47. The quantitative estimate of drug-likeness (QED) is 0.434. The summed E-state index contributed by atoms with van der Waals surface area (Å²) in [4.78, 5) is 26.0. The first-order chi connectivity index (χ1) is 13.7. The molecule has 0 radical (unpaired) electrons. The van der Waals surface area contributed by atoms with Crippen LogP contribution in [0.1, 0.15) is 39.7 Å². The fourth-order valence-corrected chi connectivity index (χ4v) is 3.55. The average molecular weight is 410 g/mol. The van der Waals surface area contributed by atoms with Crippen molar-refractivity contribution in [1.29, 1.82) is 0 Å². The van der Waals surface area contributed by atoms with Gasteiger partial charge in [0, 0.05) is 35.9 Å². The molecule has 2 aliphatic rings. The molecule has 0 amide bonds. The van der Waals surface area contributed by atoms with Crippen molar-refractivity contribution < 1.29 is 37.1 Å².